The van der Waals surface area contributed by atoms with Gasteiger partial charge in [0.15, 0.2) is 0 Å². The third kappa shape index (κ3) is 3.22. The van der Waals surface area contributed by atoms with Gasteiger partial charge in [-0.25, -0.2) is 9.78 Å². The third-order valence-electron chi connectivity index (χ3n) is 4.76. The highest BCUT2D eigenvalue weighted by atomic mass is 16.4. The van der Waals surface area contributed by atoms with Crippen LogP contribution in [-0.4, -0.2) is 49.8 Å². The number of nitrogens with one attached hydrogen (secondary N) is 1. The Morgan fingerprint density at radius 1 is 1.35 bits per heavy atom. The number of nitrogens with zero attached hydrogens (tertiary/aromatic N) is 4. The fourth-order valence-corrected chi connectivity index (χ4v) is 3.38. The number of carbonyl (C=O) groups is 1. The number of amides is 1. The molecule has 8 heteroatoms. The highest BCUT2D eigenvalue weighted by molar-refractivity contribution is 5.77. The number of pyridine rings is 1. The predicted octanol–water partition coefficient (Wildman–Crippen LogP) is 2.94. The zero-order chi connectivity index (χ0) is 18.1. The summed E-state index contributed by atoms with van der Waals surface area (Å²) in [5.74, 6) is 2.50. The third-order valence-corrected chi connectivity index (χ3v) is 4.76. The summed E-state index contributed by atoms with van der Waals surface area (Å²) in [4.78, 5) is 21.4. The molecule has 0 unspecified atom stereocenters. The topological polar surface area (TPSA) is 96.4 Å². The van der Waals surface area contributed by atoms with Crippen LogP contribution in [0, 0.1) is 6.92 Å². The second-order valence-electron chi connectivity index (χ2n) is 6.59. The van der Waals surface area contributed by atoms with E-state index in [1.165, 1.54) is 4.90 Å². The normalized spacial score (nSPS) is 15.5. The summed E-state index contributed by atoms with van der Waals surface area (Å²) < 4.78 is 7.81. The highest BCUT2D eigenvalue weighted by Crippen LogP contribution is 2.23. The monoisotopic (exact) mass is 355 g/mol. The molecule has 2 N–H and O–H groups in total. The molecule has 136 valence electrons. The first-order chi connectivity index (χ1) is 12.6. The Morgan fingerprint density at radius 3 is 2.85 bits per heavy atom. The molecule has 1 amide bonds. The van der Waals surface area contributed by atoms with Crippen LogP contribution >= 0.6 is 0 Å². The van der Waals surface area contributed by atoms with Crippen LogP contribution < -0.4 is 5.32 Å². The number of rotatable bonds is 4. The summed E-state index contributed by atoms with van der Waals surface area (Å²) in [6.07, 6.45) is 4.16. The lowest BCUT2D eigenvalue weighted by Crippen LogP contribution is -2.42. The van der Waals surface area contributed by atoms with Crippen molar-refractivity contribution in [2.24, 2.45) is 0 Å². The number of piperidine rings is 1. The fourth-order valence-electron chi connectivity index (χ4n) is 3.38. The molecule has 0 aliphatic carbocycles. The van der Waals surface area contributed by atoms with E-state index in [1.54, 1.807) is 12.4 Å². The maximum Gasteiger partial charge on any atom is 0.407 e. The van der Waals surface area contributed by atoms with Gasteiger partial charge in [0.2, 0.25) is 5.95 Å². The number of furan rings is 1. The smallest absolute Gasteiger partial charge is 0.407 e. The lowest BCUT2D eigenvalue weighted by atomic mass is 10.1. The van der Waals surface area contributed by atoms with E-state index in [2.05, 4.69) is 19.9 Å². The van der Waals surface area contributed by atoms with Crippen LogP contribution in [-0.2, 0) is 6.54 Å². The number of aromatic nitrogens is 3. The van der Waals surface area contributed by atoms with E-state index >= 15 is 0 Å². The van der Waals surface area contributed by atoms with Crippen LogP contribution in [0.1, 0.15) is 24.4 Å². The lowest BCUT2D eigenvalue weighted by molar-refractivity contribution is 0.133. The van der Waals surface area contributed by atoms with Gasteiger partial charge in [-0.2, -0.15) is 0 Å². The Balaban J connectivity index is 1.58. The van der Waals surface area contributed by atoms with E-state index < -0.39 is 6.09 Å². The van der Waals surface area contributed by atoms with Crippen LogP contribution in [0.3, 0.4) is 0 Å². The van der Waals surface area contributed by atoms with Crippen molar-refractivity contribution < 1.29 is 14.3 Å². The van der Waals surface area contributed by atoms with E-state index in [9.17, 15) is 4.79 Å². The zero-order valence-corrected chi connectivity index (χ0v) is 14.6. The molecule has 0 spiro atoms. The molecule has 26 heavy (non-hydrogen) atoms. The number of hydrogen-bond donors (Lipinski definition) is 2. The molecule has 1 aliphatic rings. The molecule has 3 aromatic heterocycles. The minimum Gasteiger partial charge on any atom is -0.465 e. The van der Waals surface area contributed by atoms with Gasteiger partial charge in [0.1, 0.15) is 17.0 Å². The van der Waals surface area contributed by atoms with Crippen molar-refractivity contribution in [1.29, 1.82) is 0 Å². The van der Waals surface area contributed by atoms with Crippen LogP contribution in [0.4, 0.5) is 10.7 Å². The second-order valence-corrected chi connectivity index (χ2v) is 6.59. The van der Waals surface area contributed by atoms with Gasteiger partial charge in [-0.05, 0) is 38.0 Å². The van der Waals surface area contributed by atoms with Crippen LogP contribution in [0.2, 0.25) is 0 Å². The average Bonchev–Trinajstić information content (AvgIpc) is 3.20. The number of likely N-dealkylation sites (tertiary alicyclic amines) is 1. The summed E-state index contributed by atoms with van der Waals surface area (Å²) in [7, 11) is 0. The molecule has 0 atom stereocenters. The van der Waals surface area contributed by atoms with E-state index in [4.69, 9.17) is 9.52 Å². The number of hydrogen-bond acceptors (Lipinski definition) is 5. The average molecular weight is 355 g/mol. The van der Waals surface area contributed by atoms with E-state index in [0.29, 0.717) is 19.6 Å². The van der Waals surface area contributed by atoms with E-state index in [1.807, 2.05) is 25.1 Å². The second kappa shape index (κ2) is 6.70. The summed E-state index contributed by atoms with van der Waals surface area (Å²) in [5, 5.41) is 12.6. The molecule has 4 heterocycles. The van der Waals surface area contributed by atoms with Gasteiger partial charge >= 0.3 is 6.09 Å². The van der Waals surface area contributed by atoms with Crippen molar-refractivity contribution in [2.75, 3.05) is 18.4 Å². The predicted molar refractivity (Wildman–Crippen MR) is 96.3 cm³/mol. The zero-order valence-electron chi connectivity index (χ0n) is 14.6. The minimum absolute atomic E-state index is 0.187. The summed E-state index contributed by atoms with van der Waals surface area (Å²) in [6.45, 7) is 3.57. The van der Waals surface area contributed by atoms with Gasteiger partial charge < -0.3 is 24.3 Å². The van der Waals surface area contributed by atoms with E-state index in [-0.39, 0.29) is 6.04 Å². The number of anilines is 1. The quantitative estimate of drug-likeness (QED) is 0.747. The Bertz CT molecular complexity index is 924. The highest BCUT2D eigenvalue weighted by Gasteiger charge is 2.24. The molecular formula is C18H21N5O3. The van der Waals surface area contributed by atoms with Crippen molar-refractivity contribution in [3.8, 4) is 0 Å². The van der Waals surface area contributed by atoms with Crippen molar-refractivity contribution in [3.05, 3.63) is 42.1 Å². The van der Waals surface area contributed by atoms with Crippen LogP contribution in [0.15, 0.2) is 35.0 Å². The van der Waals surface area contributed by atoms with Crippen LogP contribution in [0.25, 0.3) is 11.0 Å². The van der Waals surface area contributed by atoms with Crippen molar-refractivity contribution in [1.82, 2.24) is 19.4 Å². The number of fused-ring (bicyclic) bond motifs is 1. The summed E-state index contributed by atoms with van der Waals surface area (Å²) in [5.41, 5.74) is 1.81. The molecule has 1 aliphatic heterocycles. The maximum atomic E-state index is 11.1. The molecule has 0 radical (unpaired) electrons. The van der Waals surface area contributed by atoms with Gasteiger partial charge in [-0.3, -0.25) is 4.98 Å². The molecule has 0 saturated carbocycles. The van der Waals surface area contributed by atoms with Crippen molar-refractivity contribution in [2.45, 2.75) is 32.4 Å². The molecule has 4 rings (SSSR count). The first kappa shape index (κ1) is 16.4. The molecule has 0 aromatic carbocycles. The van der Waals surface area contributed by atoms with Gasteiger partial charge in [-0.15, -0.1) is 0 Å². The molecule has 3 aromatic rings. The largest absolute Gasteiger partial charge is 0.465 e. The fraction of sp³-hybridized carbons (Fsp3) is 0.389. The number of imidazole rings is 1. The first-order valence-corrected chi connectivity index (χ1v) is 8.70. The summed E-state index contributed by atoms with van der Waals surface area (Å²) >= 11 is 0. The molecule has 0 bridgehead atoms. The maximum absolute atomic E-state index is 11.1. The van der Waals surface area contributed by atoms with Gasteiger partial charge in [-0.1, -0.05) is 0 Å². The Labute approximate surface area is 150 Å². The molecule has 8 nitrogen and oxygen atoms in total. The lowest BCUT2D eigenvalue weighted by Gasteiger charge is -2.30. The van der Waals surface area contributed by atoms with E-state index in [0.717, 1.165) is 41.3 Å². The SMILES string of the molecule is Cc1ccc(Cn2c(NC3CCN(C(=O)O)CC3)nc3cnccc32)o1. The molecule has 1 saturated heterocycles. The Morgan fingerprint density at radius 2 is 2.15 bits per heavy atom. The standard InChI is InChI=1S/C18H21N5O3/c1-12-2-3-14(26-12)11-23-16-4-7-19-10-15(16)21-17(23)20-13-5-8-22(9-6-13)18(24)25/h2-4,7,10,13H,5-6,8-9,11H2,1H3,(H,20,21)(H,24,25). The number of aryl methyl sites for hydroxylation is 1. The molecule has 1 fully saturated rings. The van der Waals surface area contributed by atoms with Gasteiger partial charge in [0, 0.05) is 25.3 Å². The number of carboxylic acid groups (broad SMARTS) is 1. The van der Waals surface area contributed by atoms with Gasteiger partial charge in [0.25, 0.3) is 0 Å². The first-order valence-electron chi connectivity index (χ1n) is 8.70. The minimum atomic E-state index is -0.852. The van der Waals surface area contributed by atoms with Crippen molar-refractivity contribution >= 4 is 23.1 Å². The Kier molecular flexibility index (Phi) is 4.24. The van der Waals surface area contributed by atoms with Crippen molar-refractivity contribution in [3.63, 3.8) is 0 Å². The van der Waals surface area contributed by atoms with Crippen LogP contribution in [0.5, 0.6) is 0 Å². The molecular weight excluding hydrogens is 334 g/mol. The van der Waals surface area contributed by atoms with Gasteiger partial charge in [0.05, 0.1) is 18.3 Å². The Hall–Kier alpha value is -3.03. The summed E-state index contributed by atoms with van der Waals surface area (Å²) in [6, 6.07) is 6.05.